The summed E-state index contributed by atoms with van der Waals surface area (Å²) in [6.07, 6.45) is 0. The molecule has 0 spiro atoms. The number of rotatable bonds is 3. The normalized spacial score (nSPS) is 10.5. The molecule has 0 radical (unpaired) electrons. The van der Waals surface area contributed by atoms with Gasteiger partial charge in [0.2, 0.25) is 0 Å². The van der Waals surface area contributed by atoms with E-state index >= 15 is 0 Å². The maximum absolute atomic E-state index is 12.9. The highest BCUT2D eigenvalue weighted by Gasteiger charge is 2.12. The van der Waals surface area contributed by atoms with Crippen LogP contribution in [0.25, 0.3) is 11.3 Å². The standard InChI is InChI=1S/C16H10BrFN2OS/c17-13-4-2-1-3-12(13)15(21)20-16-19-14(9-22-16)10-5-7-11(18)8-6-10/h1-9H,(H,19,20,21). The van der Waals surface area contributed by atoms with Crippen LogP contribution < -0.4 is 5.32 Å². The minimum Gasteiger partial charge on any atom is -0.298 e. The summed E-state index contributed by atoms with van der Waals surface area (Å²) in [4.78, 5) is 16.6. The van der Waals surface area contributed by atoms with Crippen LogP contribution in [0.15, 0.2) is 58.4 Å². The van der Waals surface area contributed by atoms with Crippen molar-refractivity contribution < 1.29 is 9.18 Å². The van der Waals surface area contributed by atoms with Crippen molar-refractivity contribution in [2.75, 3.05) is 5.32 Å². The lowest BCUT2D eigenvalue weighted by atomic mass is 10.2. The van der Waals surface area contributed by atoms with Crippen LogP contribution in [0, 0.1) is 5.82 Å². The molecule has 110 valence electrons. The fraction of sp³-hybridized carbons (Fsp3) is 0. The average Bonchev–Trinajstić information content (AvgIpc) is 2.97. The molecule has 6 heteroatoms. The van der Waals surface area contributed by atoms with Crippen LogP contribution in [0.2, 0.25) is 0 Å². The maximum Gasteiger partial charge on any atom is 0.258 e. The van der Waals surface area contributed by atoms with Crippen LogP contribution >= 0.6 is 27.3 Å². The summed E-state index contributed by atoms with van der Waals surface area (Å²) in [5, 5.41) is 5.09. The van der Waals surface area contributed by atoms with E-state index in [0.29, 0.717) is 16.4 Å². The second kappa shape index (κ2) is 6.37. The summed E-state index contributed by atoms with van der Waals surface area (Å²) in [5.74, 6) is -0.520. The van der Waals surface area contributed by atoms with Gasteiger partial charge in [-0.05, 0) is 52.3 Å². The van der Waals surface area contributed by atoms with Crippen molar-refractivity contribution in [1.29, 1.82) is 0 Å². The SMILES string of the molecule is O=C(Nc1nc(-c2ccc(F)cc2)cs1)c1ccccc1Br. The van der Waals surface area contributed by atoms with Crippen molar-refractivity contribution in [1.82, 2.24) is 4.98 Å². The van der Waals surface area contributed by atoms with E-state index in [1.54, 1.807) is 30.3 Å². The number of benzene rings is 2. The van der Waals surface area contributed by atoms with Crippen molar-refractivity contribution in [3.05, 3.63) is 69.8 Å². The maximum atomic E-state index is 12.9. The Morgan fingerprint density at radius 3 is 2.59 bits per heavy atom. The Labute approximate surface area is 139 Å². The van der Waals surface area contributed by atoms with Crippen LogP contribution in [0.4, 0.5) is 9.52 Å². The van der Waals surface area contributed by atoms with Crippen LogP contribution in [-0.2, 0) is 0 Å². The number of amides is 1. The predicted octanol–water partition coefficient (Wildman–Crippen LogP) is 4.96. The van der Waals surface area contributed by atoms with Gasteiger partial charge in [0.05, 0.1) is 11.3 Å². The molecule has 0 saturated carbocycles. The molecule has 2 aromatic carbocycles. The van der Waals surface area contributed by atoms with E-state index in [0.717, 1.165) is 10.0 Å². The molecule has 1 heterocycles. The Bertz CT molecular complexity index is 817. The molecule has 1 amide bonds. The van der Waals surface area contributed by atoms with E-state index in [9.17, 15) is 9.18 Å². The van der Waals surface area contributed by atoms with Crippen LogP contribution in [0.1, 0.15) is 10.4 Å². The molecule has 3 aromatic rings. The number of carbonyl (C=O) groups is 1. The van der Waals surface area contributed by atoms with E-state index in [4.69, 9.17) is 0 Å². The number of hydrogen-bond acceptors (Lipinski definition) is 3. The molecule has 0 aliphatic heterocycles. The van der Waals surface area contributed by atoms with Gasteiger partial charge in [-0.3, -0.25) is 10.1 Å². The first-order valence-corrected chi connectivity index (χ1v) is 8.08. The molecule has 0 fully saturated rings. The first kappa shape index (κ1) is 14.9. The summed E-state index contributed by atoms with van der Waals surface area (Å²) in [5.41, 5.74) is 2.05. The van der Waals surface area contributed by atoms with Gasteiger partial charge in [-0.2, -0.15) is 0 Å². The molecule has 0 unspecified atom stereocenters. The largest absolute Gasteiger partial charge is 0.298 e. The predicted molar refractivity (Wildman–Crippen MR) is 89.6 cm³/mol. The minimum absolute atomic E-state index is 0.229. The highest BCUT2D eigenvalue weighted by molar-refractivity contribution is 9.10. The molecule has 1 aromatic heterocycles. The molecule has 0 aliphatic rings. The van der Waals surface area contributed by atoms with E-state index in [2.05, 4.69) is 26.2 Å². The Morgan fingerprint density at radius 2 is 1.86 bits per heavy atom. The van der Waals surface area contributed by atoms with Crippen LogP contribution in [0.5, 0.6) is 0 Å². The molecule has 0 aliphatic carbocycles. The molecule has 22 heavy (non-hydrogen) atoms. The summed E-state index contributed by atoms with van der Waals surface area (Å²) >= 11 is 4.67. The topological polar surface area (TPSA) is 42.0 Å². The number of anilines is 1. The number of carbonyl (C=O) groups excluding carboxylic acids is 1. The third kappa shape index (κ3) is 3.23. The van der Waals surface area contributed by atoms with Crippen molar-refractivity contribution in [3.63, 3.8) is 0 Å². The van der Waals surface area contributed by atoms with Gasteiger partial charge >= 0.3 is 0 Å². The molecule has 0 atom stereocenters. The zero-order chi connectivity index (χ0) is 15.5. The highest BCUT2D eigenvalue weighted by atomic mass is 79.9. The monoisotopic (exact) mass is 376 g/mol. The number of nitrogens with zero attached hydrogens (tertiary/aromatic N) is 1. The smallest absolute Gasteiger partial charge is 0.258 e. The molecule has 0 saturated heterocycles. The van der Waals surface area contributed by atoms with Gasteiger partial charge in [-0.15, -0.1) is 11.3 Å². The lowest BCUT2D eigenvalue weighted by Gasteiger charge is -2.03. The molecule has 1 N–H and O–H groups in total. The Kier molecular flexibility index (Phi) is 4.31. The number of aromatic nitrogens is 1. The van der Waals surface area contributed by atoms with Crippen molar-refractivity contribution >= 4 is 38.3 Å². The Balaban J connectivity index is 1.78. The van der Waals surface area contributed by atoms with Gasteiger partial charge in [0.1, 0.15) is 5.82 Å². The van der Waals surface area contributed by atoms with Crippen molar-refractivity contribution in [2.45, 2.75) is 0 Å². The van der Waals surface area contributed by atoms with Gasteiger partial charge in [0, 0.05) is 15.4 Å². The van der Waals surface area contributed by atoms with Gasteiger partial charge in [0.25, 0.3) is 5.91 Å². The lowest BCUT2D eigenvalue weighted by Crippen LogP contribution is -2.12. The molecular formula is C16H10BrFN2OS. The van der Waals surface area contributed by atoms with Gasteiger partial charge in [-0.25, -0.2) is 9.37 Å². The van der Waals surface area contributed by atoms with E-state index in [-0.39, 0.29) is 11.7 Å². The lowest BCUT2D eigenvalue weighted by molar-refractivity contribution is 0.102. The average molecular weight is 377 g/mol. The number of thiazole rings is 1. The van der Waals surface area contributed by atoms with Crippen LogP contribution in [0.3, 0.4) is 0 Å². The first-order chi connectivity index (χ1) is 10.6. The highest BCUT2D eigenvalue weighted by Crippen LogP contribution is 2.26. The van der Waals surface area contributed by atoms with E-state index in [1.807, 2.05) is 11.4 Å². The first-order valence-electron chi connectivity index (χ1n) is 6.41. The summed E-state index contributed by atoms with van der Waals surface area (Å²) in [6.45, 7) is 0. The molecule has 0 bridgehead atoms. The van der Waals surface area contributed by atoms with Gasteiger partial charge in [-0.1, -0.05) is 12.1 Å². The van der Waals surface area contributed by atoms with E-state index < -0.39 is 0 Å². The third-order valence-corrected chi connectivity index (χ3v) is 4.43. The fourth-order valence-corrected chi connectivity index (χ4v) is 3.07. The van der Waals surface area contributed by atoms with Crippen LogP contribution in [-0.4, -0.2) is 10.9 Å². The Hall–Kier alpha value is -2.05. The van der Waals surface area contributed by atoms with Gasteiger partial charge < -0.3 is 0 Å². The number of hydrogen-bond donors (Lipinski definition) is 1. The second-order valence-electron chi connectivity index (χ2n) is 4.48. The summed E-state index contributed by atoms with van der Waals surface area (Å²) in [6, 6.07) is 13.3. The van der Waals surface area contributed by atoms with Crippen molar-refractivity contribution in [2.24, 2.45) is 0 Å². The molecule has 3 rings (SSSR count). The zero-order valence-corrected chi connectivity index (χ0v) is 13.6. The molecular weight excluding hydrogens is 367 g/mol. The van der Waals surface area contributed by atoms with E-state index in [1.165, 1.54) is 23.5 Å². The molecule has 3 nitrogen and oxygen atoms in total. The fourth-order valence-electron chi connectivity index (χ4n) is 1.89. The minimum atomic E-state index is -0.290. The second-order valence-corrected chi connectivity index (χ2v) is 6.19. The summed E-state index contributed by atoms with van der Waals surface area (Å²) in [7, 11) is 0. The zero-order valence-electron chi connectivity index (χ0n) is 11.2. The number of nitrogens with one attached hydrogen (secondary N) is 1. The Morgan fingerprint density at radius 1 is 1.14 bits per heavy atom. The van der Waals surface area contributed by atoms with Crippen molar-refractivity contribution in [3.8, 4) is 11.3 Å². The summed E-state index contributed by atoms with van der Waals surface area (Å²) < 4.78 is 13.7. The number of halogens is 2. The quantitative estimate of drug-likeness (QED) is 0.701. The van der Waals surface area contributed by atoms with Gasteiger partial charge in [0.15, 0.2) is 5.13 Å². The third-order valence-electron chi connectivity index (χ3n) is 2.98.